The first-order valence-corrected chi connectivity index (χ1v) is 11.8. The van der Waals surface area contributed by atoms with E-state index < -0.39 is 6.35 Å². The zero-order valence-corrected chi connectivity index (χ0v) is 21.0. The summed E-state index contributed by atoms with van der Waals surface area (Å²) in [6.45, 7) is 11.7. The van der Waals surface area contributed by atoms with E-state index in [-0.39, 0.29) is 28.7 Å². The monoisotopic (exact) mass is 454 g/mol. The fourth-order valence-electron chi connectivity index (χ4n) is 5.01. The van der Waals surface area contributed by atoms with Gasteiger partial charge in [0, 0.05) is 44.5 Å². The van der Waals surface area contributed by atoms with Crippen LogP contribution in [0.2, 0.25) is 0 Å². The molecule has 2 aliphatic rings. The minimum absolute atomic E-state index is 0.00579. The number of carbonyl (C=O) groups is 1. The van der Waals surface area contributed by atoms with Crippen LogP contribution in [0.25, 0.3) is 0 Å². The van der Waals surface area contributed by atoms with E-state index in [0.717, 1.165) is 43.0 Å². The Bertz CT molecular complexity index is 1020. The average molecular weight is 455 g/mol. The quantitative estimate of drug-likeness (QED) is 0.736. The number of nitrogens with zero attached hydrogens (tertiary/aromatic N) is 5. The summed E-state index contributed by atoms with van der Waals surface area (Å²) in [6, 6.07) is 4.22. The first kappa shape index (κ1) is 23.5. The summed E-state index contributed by atoms with van der Waals surface area (Å²) in [6.07, 6.45) is 5.53. The SMILES string of the molecule is CN1c2nc(C3CCC(C)(C)C(NC(=O)c4cn(C)cn4)C3)ccc2N(CC(C)(C)C)C1O. The zero-order chi connectivity index (χ0) is 24.1. The molecule has 0 spiro atoms. The number of carbonyl (C=O) groups excluding carboxylic acids is 1. The Morgan fingerprint density at radius 2 is 2.00 bits per heavy atom. The van der Waals surface area contributed by atoms with Crippen molar-refractivity contribution in [3.05, 3.63) is 36.0 Å². The van der Waals surface area contributed by atoms with Crippen molar-refractivity contribution < 1.29 is 9.90 Å². The fourth-order valence-corrected chi connectivity index (χ4v) is 5.01. The number of imidazole rings is 1. The third-order valence-electron chi connectivity index (χ3n) is 7.05. The third kappa shape index (κ3) is 4.71. The van der Waals surface area contributed by atoms with Gasteiger partial charge in [-0.25, -0.2) is 9.97 Å². The highest BCUT2D eigenvalue weighted by Gasteiger charge is 2.40. The van der Waals surface area contributed by atoms with Crippen molar-refractivity contribution in [2.45, 2.75) is 72.2 Å². The number of hydrogen-bond donors (Lipinski definition) is 2. The second-order valence-electron chi connectivity index (χ2n) is 11.6. The number of aromatic nitrogens is 3. The minimum Gasteiger partial charge on any atom is -0.356 e. The lowest BCUT2D eigenvalue weighted by atomic mass is 9.68. The number of aliphatic hydroxyl groups is 1. The van der Waals surface area contributed by atoms with Crippen molar-refractivity contribution in [2.75, 3.05) is 23.4 Å². The predicted molar refractivity (Wildman–Crippen MR) is 130 cm³/mol. The molecule has 1 aliphatic carbocycles. The maximum atomic E-state index is 12.8. The van der Waals surface area contributed by atoms with Crippen LogP contribution in [-0.4, -0.2) is 51.5 Å². The highest BCUT2D eigenvalue weighted by molar-refractivity contribution is 5.92. The van der Waals surface area contributed by atoms with Gasteiger partial charge in [0.25, 0.3) is 5.91 Å². The Morgan fingerprint density at radius 1 is 1.27 bits per heavy atom. The predicted octanol–water partition coefficient (Wildman–Crippen LogP) is 3.49. The van der Waals surface area contributed by atoms with Crippen LogP contribution in [0.3, 0.4) is 0 Å². The van der Waals surface area contributed by atoms with Gasteiger partial charge in [-0.1, -0.05) is 34.6 Å². The van der Waals surface area contributed by atoms with E-state index in [0.29, 0.717) is 5.69 Å². The summed E-state index contributed by atoms with van der Waals surface area (Å²) in [7, 11) is 3.75. The van der Waals surface area contributed by atoms with Crippen molar-refractivity contribution in [1.29, 1.82) is 0 Å². The van der Waals surface area contributed by atoms with E-state index in [1.165, 1.54) is 0 Å². The van der Waals surface area contributed by atoms with Gasteiger partial charge in [-0.2, -0.15) is 0 Å². The highest BCUT2D eigenvalue weighted by Crippen LogP contribution is 2.45. The van der Waals surface area contributed by atoms with Gasteiger partial charge in [-0.15, -0.1) is 0 Å². The molecule has 8 heteroatoms. The van der Waals surface area contributed by atoms with E-state index >= 15 is 0 Å². The first-order valence-electron chi connectivity index (χ1n) is 11.8. The average Bonchev–Trinajstić information content (AvgIpc) is 3.26. The second kappa shape index (κ2) is 8.31. The number of nitrogens with one attached hydrogen (secondary N) is 1. The van der Waals surface area contributed by atoms with Crippen LogP contribution in [0.1, 0.15) is 76.0 Å². The highest BCUT2D eigenvalue weighted by atomic mass is 16.3. The van der Waals surface area contributed by atoms with Gasteiger partial charge in [-0.05, 0) is 42.2 Å². The Hall–Kier alpha value is -2.61. The first-order chi connectivity index (χ1) is 15.4. The maximum absolute atomic E-state index is 12.8. The molecular weight excluding hydrogens is 416 g/mol. The van der Waals surface area contributed by atoms with Crippen LogP contribution in [0.15, 0.2) is 24.7 Å². The van der Waals surface area contributed by atoms with Crippen LogP contribution in [-0.2, 0) is 7.05 Å². The smallest absolute Gasteiger partial charge is 0.271 e. The Labute approximate surface area is 197 Å². The van der Waals surface area contributed by atoms with Crippen LogP contribution >= 0.6 is 0 Å². The lowest BCUT2D eigenvalue weighted by Crippen LogP contribution is -2.48. The summed E-state index contributed by atoms with van der Waals surface area (Å²) in [4.78, 5) is 25.9. The number of aliphatic hydroxyl groups excluding tert-OH is 1. The Morgan fingerprint density at radius 3 is 2.64 bits per heavy atom. The molecule has 1 aliphatic heterocycles. The van der Waals surface area contributed by atoms with Crippen LogP contribution < -0.4 is 15.1 Å². The van der Waals surface area contributed by atoms with Gasteiger partial charge in [-0.3, -0.25) is 4.79 Å². The molecule has 3 unspecified atom stereocenters. The zero-order valence-electron chi connectivity index (χ0n) is 21.0. The molecule has 3 atom stereocenters. The molecule has 0 aromatic carbocycles. The van der Waals surface area contributed by atoms with Crippen molar-refractivity contribution >= 4 is 17.4 Å². The summed E-state index contributed by atoms with van der Waals surface area (Å²) in [5, 5.41) is 14.1. The lowest BCUT2D eigenvalue weighted by molar-refractivity contribution is 0.0832. The topological polar surface area (TPSA) is 86.5 Å². The second-order valence-corrected chi connectivity index (χ2v) is 11.6. The van der Waals surface area contributed by atoms with E-state index in [2.05, 4.69) is 57.1 Å². The molecule has 0 bridgehead atoms. The maximum Gasteiger partial charge on any atom is 0.271 e. The van der Waals surface area contributed by atoms with Crippen molar-refractivity contribution in [2.24, 2.45) is 17.9 Å². The minimum atomic E-state index is -0.710. The summed E-state index contributed by atoms with van der Waals surface area (Å²) < 4.78 is 1.78. The molecule has 2 aromatic heterocycles. The molecule has 33 heavy (non-hydrogen) atoms. The molecule has 1 saturated carbocycles. The number of amides is 1. The van der Waals surface area contributed by atoms with Gasteiger partial charge < -0.3 is 24.8 Å². The number of anilines is 2. The fraction of sp³-hybridized carbons (Fsp3) is 0.640. The van der Waals surface area contributed by atoms with E-state index in [4.69, 9.17) is 4.98 Å². The molecule has 180 valence electrons. The summed E-state index contributed by atoms with van der Waals surface area (Å²) in [5.74, 6) is 0.944. The number of rotatable bonds is 4. The van der Waals surface area contributed by atoms with Crippen molar-refractivity contribution in [1.82, 2.24) is 19.9 Å². The third-order valence-corrected chi connectivity index (χ3v) is 7.05. The van der Waals surface area contributed by atoms with Crippen LogP contribution in [0.4, 0.5) is 11.5 Å². The van der Waals surface area contributed by atoms with Gasteiger partial charge in [0.1, 0.15) is 5.69 Å². The normalized spacial score (nSPS) is 24.7. The Kier molecular flexibility index (Phi) is 5.93. The molecule has 1 fully saturated rings. The van der Waals surface area contributed by atoms with Crippen LogP contribution in [0.5, 0.6) is 0 Å². The van der Waals surface area contributed by atoms with E-state index in [1.54, 1.807) is 17.1 Å². The Balaban J connectivity index is 1.54. The summed E-state index contributed by atoms with van der Waals surface area (Å²) >= 11 is 0. The van der Waals surface area contributed by atoms with Gasteiger partial charge in [0.05, 0.1) is 12.0 Å². The molecule has 2 aromatic rings. The van der Waals surface area contributed by atoms with Gasteiger partial charge >= 0.3 is 0 Å². The largest absolute Gasteiger partial charge is 0.356 e. The van der Waals surface area contributed by atoms with E-state index in [1.807, 2.05) is 23.9 Å². The van der Waals surface area contributed by atoms with Crippen molar-refractivity contribution in [3.63, 3.8) is 0 Å². The molecule has 4 rings (SSSR count). The van der Waals surface area contributed by atoms with Crippen molar-refractivity contribution in [3.8, 4) is 0 Å². The number of hydrogen-bond acceptors (Lipinski definition) is 6. The number of pyridine rings is 1. The molecule has 3 heterocycles. The van der Waals surface area contributed by atoms with Gasteiger partial charge in [0.2, 0.25) is 6.35 Å². The lowest BCUT2D eigenvalue weighted by Gasteiger charge is -2.42. The van der Waals surface area contributed by atoms with E-state index in [9.17, 15) is 9.90 Å². The standard InChI is InChI=1S/C25H38N6O2/c1-24(2,3)14-31-19-9-8-17(27-21(19)30(7)23(31)33)16-10-11-25(4,5)20(12-16)28-22(32)18-13-29(6)15-26-18/h8-9,13,15-16,20,23,33H,10-12,14H2,1-7H3,(H,28,32). The number of aryl methyl sites for hydroxylation is 1. The van der Waals surface area contributed by atoms with Gasteiger partial charge in [0.15, 0.2) is 5.82 Å². The molecule has 0 radical (unpaired) electrons. The van der Waals surface area contributed by atoms with Crippen LogP contribution in [0, 0.1) is 10.8 Å². The molecule has 1 amide bonds. The molecule has 8 nitrogen and oxygen atoms in total. The summed E-state index contributed by atoms with van der Waals surface area (Å²) in [5.41, 5.74) is 2.49. The molecular formula is C25H38N6O2. The molecule has 0 saturated heterocycles. The molecule has 2 N–H and O–H groups in total. The number of fused-ring (bicyclic) bond motifs is 1.